The highest BCUT2D eigenvalue weighted by atomic mass is 32.3. The Morgan fingerprint density at radius 2 is 1.43 bits per heavy atom. The molecule has 1 heterocycles. The second-order valence-corrected chi connectivity index (χ2v) is 16.5. The van der Waals surface area contributed by atoms with E-state index in [0.29, 0.717) is 13.1 Å². The number of unbranched alkanes of at least 4 members (excludes halogenated alkanes) is 1. The van der Waals surface area contributed by atoms with E-state index in [1.807, 2.05) is 25.7 Å². The molecule has 1 aliphatic heterocycles. The zero-order valence-corrected chi connectivity index (χ0v) is 27.0. The average molecular weight is 572 g/mol. The minimum atomic E-state index is -1.74. The van der Waals surface area contributed by atoms with E-state index in [0.717, 1.165) is 45.1 Å². The molecule has 0 saturated carbocycles. The zero-order valence-electron chi connectivity index (χ0n) is 26.2. The molecule has 224 valence electrons. The number of rotatable bonds is 11. The largest absolute Gasteiger partial charge is 0.444 e. The molecule has 1 atom stereocenters. The van der Waals surface area contributed by atoms with Crippen LogP contribution in [-0.4, -0.2) is 52.7 Å². The van der Waals surface area contributed by atoms with Crippen molar-refractivity contribution in [1.29, 1.82) is 0 Å². The van der Waals surface area contributed by atoms with Crippen LogP contribution in [0.3, 0.4) is 0 Å². The van der Waals surface area contributed by atoms with Crippen molar-refractivity contribution in [3.05, 3.63) is 60.7 Å². The number of amides is 1. The number of benzene rings is 2. The SMILES string of the molecule is CCC1(OCCCC[C@@H](C)OS(c2ccccc2)(c2ccccc2)C(C)(C)C)CCN(C(=O)OC(C)(C)C)CC1. The summed E-state index contributed by atoms with van der Waals surface area (Å²) in [6, 6.07) is 21.6. The Kier molecular flexibility index (Phi) is 11.2. The Hall–Kier alpha value is -2.02. The van der Waals surface area contributed by atoms with Crippen LogP contribution < -0.4 is 0 Å². The van der Waals surface area contributed by atoms with Crippen LogP contribution in [0.25, 0.3) is 0 Å². The first-order valence-electron chi connectivity index (χ1n) is 15.1. The van der Waals surface area contributed by atoms with Crippen molar-refractivity contribution < 1.29 is 18.5 Å². The number of nitrogens with zero attached hydrogens (tertiary/aromatic N) is 1. The summed E-state index contributed by atoms with van der Waals surface area (Å²) in [6.45, 7) is 19.2. The van der Waals surface area contributed by atoms with Gasteiger partial charge in [0.05, 0.1) is 11.7 Å². The fourth-order valence-corrected chi connectivity index (χ4v) is 9.33. The van der Waals surface area contributed by atoms with Gasteiger partial charge < -0.3 is 18.6 Å². The van der Waals surface area contributed by atoms with Crippen LogP contribution in [0.15, 0.2) is 70.5 Å². The van der Waals surface area contributed by atoms with E-state index in [1.54, 1.807) is 0 Å². The van der Waals surface area contributed by atoms with Gasteiger partial charge >= 0.3 is 6.09 Å². The van der Waals surface area contributed by atoms with Crippen LogP contribution in [0.2, 0.25) is 0 Å². The summed E-state index contributed by atoms with van der Waals surface area (Å²) in [5, 5.41) is 0. The molecule has 1 aliphatic rings. The summed E-state index contributed by atoms with van der Waals surface area (Å²) in [5.74, 6) is 0. The quantitative estimate of drug-likeness (QED) is 0.252. The minimum Gasteiger partial charge on any atom is -0.444 e. The summed E-state index contributed by atoms with van der Waals surface area (Å²) in [5.41, 5.74) is -0.614. The van der Waals surface area contributed by atoms with Gasteiger partial charge in [-0.25, -0.2) is 4.79 Å². The van der Waals surface area contributed by atoms with Gasteiger partial charge in [-0.1, -0.05) is 53.6 Å². The first-order chi connectivity index (χ1) is 18.8. The Morgan fingerprint density at radius 1 is 0.900 bits per heavy atom. The molecule has 40 heavy (non-hydrogen) atoms. The monoisotopic (exact) mass is 571 g/mol. The molecule has 1 saturated heterocycles. The van der Waals surface area contributed by atoms with Crippen molar-refractivity contribution in [2.75, 3.05) is 19.7 Å². The molecule has 2 aromatic rings. The molecule has 0 bridgehead atoms. The van der Waals surface area contributed by atoms with E-state index in [2.05, 4.69) is 95.3 Å². The molecule has 1 amide bonds. The van der Waals surface area contributed by atoms with E-state index in [1.165, 1.54) is 9.79 Å². The van der Waals surface area contributed by atoms with Crippen molar-refractivity contribution >= 4 is 16.4 Å². The lowest BCUT2D eigenvalue weighted by molar-refractivity contribution is -0.0878. The van der Waals surface area contributed by atoms with E-state index >= 15 is 0 Å². The second kappa shape index (κ2) is 13.8. The van der Waals surface area contributed by atoms with Crippen molar-refractivity contribution in [3.63, 3.8) is 0 Å². The van der Waals surface area contributed by atoms with Crippen molar-refractivity contribution in [1.82, 2.24) is 4.90 Å². The molecule has 0 spiro atoms. The fraction of sp³-hybridized carbons (Fsp3) is 0.618. The van der Waals surface area contributed by atoms with E-state index in [9.17, 15) is 4.79 Å². The summed E-state index contributed by atoms with van der Waals surface area (Å²) in [7, 11) is -1.74. The standard InChI is InChI=1S/C34H53NO4S/c1-9-34(23-25-35(26-24-34)31(36)38-32(3,4)5)37-27-17-16-18-28(2)39-40(33(6,7)8,29-19-12-10-13-20-29)30-21-14-11-15-22-30/h10-15,19-22,28H,9,16-18,23-27H2,1-8H3/t28-/m1/s1. The van der Waals surface area contributed by atoms with Gasteiger partial charge in [-0.05, 0) is 111 Å². The normalized spacial score (nSPS) is 17.4. The first kappa shape index (κ1) is 32.5. The number of carbonyl (C=O) groups is 1. The van der Waals surface area contributed by atoms with Crippen LogP contribution in [0.4, 0.5) is 4.79 Å². The van der Waals surface area contributed by atoms with Gasteiger partial charge in [0.25, 0.3) is 0 Å². The van der Waals surface area contributed by atoms with Gasteiger partial charge in [0, 0.05) is 34.2 Å². The highest BCUT2D eigenvalue weighted by Crippen LogP contribution is 2.71. The predicted molar refractivity (Wildman–Crippen MR) is 167 cm³/mol. The number of hydrogen-bond donors (Lipinski definition) is 0. The predicted octanol–water partition coefficient (Wildman–Crippen LogP) is 9.39. The Labute approximate surface area is 245 Å². The molecular weight excluding hydrogens is 518 g/mol. The lowest BCUT2D eigenvalue weighted by atomic mass is 9.88. The molecule has 1 fully saturated rings. The summed E-state index contributed by atoms with van der Waals surface area (Å²) in [6.07, 6.45) is 5.60. The van der Waals surface area contributed by atoms with Crippen molar-refractivity contribution in [2.45, 2.75) is 126 Å². The van der Waals surface area contributed by atoms with Gasteiger partial charge in [0.15, 0.2) is 0 Å². The zero-order chi connectivity index (χ0) is 29.4. The topological polar surface area (TPSA) is 48.0 Å². The van der Waals surface area contributed by atoms with Gasteiger partial charge in [-0.3, -0.25) is 0 Å². The molecular formula is C34H53NO4S. The molecule has 6 heteroatoms. The Balaban J connectivity index is 1.56. The maximum atomic E-state index is 12.5. The Bertz CT molecular complexity index is 998. The third-order valence-corrected chi connectivity index (χ3v) is 11.9. The molecule has 0 N–H and O–H groups in total. The van der Waals surface area contributed by atoms with Crippen LogP contribution in [0.5, 0.6) is 0 Å². The smallest absolute Gasteiger partial charge is 0.410 e. The molecule has 2 aromatic carbocycles. The lowest BCUT2D eigenvalue weighted by Crippen LogP contribution is -2.49. The number of hydrogen-bond acceptors (Lipinski definition) is 4. The molecule has 0 aromatic heterocycles. The minimum absolute atomic E-state index is 0.0746. The number of piperidine rings is 1. The van der Waals surface area contributed by atoms with Crippen LogP contribution >= 0.6 is 10.3 Å². The lowest BCUT2D eigenvalue weighted by Gasteiger charge is -2.51. The second-order valence-electron chi connectivity index (χ2n) is 13.0. The van der Waals surface area contributed by atoms with Gasteiger partial charge in [-0.15, -0.1) is 0 Å². The van der Waals surface area contributed by atoms with E-state index in [4.69, 9.17) is 13.7 Å². The van der Waals surface area contributed by atoms with Crippen LogP contribution in [-0.2, 0) is 13.7 Å². The number of likely N-dealkylation sites (tertiary alicyclic amines) is 1. The molecule has 3 rings (SSSR count). The summed E-state index contributed by atoms with van der Waals surface area (Å²) in [4.78, 5) is 16.8. The van der Waals surface area contributed by atoms with Crippen molar-refractivity contribution in [3.8, 4) is 0 Å². The first-order valence-corrected chi connectivity index (χ1v) is 16.6. The third kappa shape index (κ3) is 8.27. The number of carbonyl (C=O) groups excluding carboxylic acids is 1. The summed E-state index contributed by atoms with van der Waals surface area (Å²) < 4.78 is 19.2. The van der Waals surface area contributed by atoms with Gasteiger partial charge in [0.1, 0.15) is 5.60 Å². The van der Waals surface area contributed by atoms with Crippen molar-refractivity contribution in [2.24, 2.45) is 0 Å². The Morgan fingerprint density at radius 3 is 1.88 bits per heavy atom. The fourth-order valence-electron chi connectivity index (χ4n) is 5.46. The molecule has 0 aliphatic carbocycles. The highest BCUT2D eigenvalue weighted by Gasteiger charge is 2.42. The van der Waals surface area contributed by atoms with Gasteiger partial charge in [-0.2, -0.15) is 0 Å². The summed E-state index contributed by atoms with van der Waals surface area (Å²) >= 11 is 0. The maximum Gasteiger partial charge on any atom is 0.410 e. The van der Waals surface area contributed by atoms with Crippen LogP contribution in [0.1, 0.15) is 93.9 Å². The third-order valence-electron chi connectivity index (χ3n) is 7.71. The maximum absolute atomic E-state index is 12.5. The average Bonchev–Trinajstić information content (AvgIpc) is 2.91. The number of ether oxygens (including phenoxy) is 2. The molecule has 5 nitrogen and oxygen atoms in total. The molecule has 0 unspecified atom stereocenters. The van der Waals surface area contributed by atoms with E-state index < -0.39 is 15.9 Å². The van der Waals surface area contributed by atoms with Crippen LogP contribution in [0, 0.1) is 0 Å². The van der Waals surface area contributed by atoms with E-state index in [-0.39, 0.29) is 22.5 Å². The van der Waals surface area contributed by atoms with Gasteiger partial charge in [0.2, 0.25) is 0 Å². The highest BCUT2D eigenvalue weighted by molar-refractivity contribution is 8.31. The molecule has 0 radical (unpaired) electrons.